The summed E-state index contributed by atoms with van der Waals surface area (Å²) in [4.78, 5) is 21.2. The molecule has 0 radical (unpaired) electrons. The fourth-order valence-electron chi connectivity index (χ4n) is 5.11. The molecule has 0 atom stereocenters. The summed E-state index contributed by atoms with van der Waals surface area (Å²) >= 11 is 1.78. The van der Waals surface area contributed by atoms with Gasteiger partial charge in [-0.15, -0.1) is 11.8 Å². The van der Waals surface area contributed by atoms with Crippen molar-refractivity contribution >= 4 is 17.7 Å². The number of amides is 1. The van der Waals surface area contributed by atoms with Crippen LogP contribution in [0.4, 0.5) is 0 Å². The van der Waals surface area contributed by atoms with Crippen LogP contribution < -0.4 is 0 Å². The van der Waals surface area contributed by atoms with Crippen molar-refractivity contribution < 1.29 is 4.79 Å². The van der Waals surface area contributed by atoms with Gasteiger partial charge in [-0.25, -0.2) is 0 Å². The summed E-state index contributed by atoms with van der Waals surface area (Å²) in [5.41, 5.74) is 5.39. The molecule has 2 aromatic rings. The van der Waals surface area contributed by atoms with Gasteiger partial charge in [0.05, 0.1) is 6.54 Å². The average Bonchev–Trinajstić information content (AvgIpc) is 2.78. The normalized spacial score (nSPS) is 20.4. The van der Waals surface area contributed by atoms with Crippen molar-refractivity contribution in [3.05, 3.63) is 53.6 Å². The van der Waals surface area contributed by atoms with Gasteiger partial charge in [0, 0.05) is 50.2 Å². The highest BCUT2D eigenvalue weighted by molar-refractivity contribution is 7.98. The molecular weight excluding hydrogens is 402 g/mol. The second-order valence-corrected chi connectivity index (χ2v) is 10.1. The number of carbonyl (C=O) groups excluding carboxylic acids is 1. The van der Waals surface area contributed by atoms with Gasteiger partial charge in [-0.2, -0.15) is 0 Å². The molecule has 0 N–H and O–H groups in total. The first kappa shape index (κ1) is 21.0. The van der Waals surface area contributed by atoms with Crippen LogP contribution >= 0.6 is 11.8 Å². The summed E-state index contributed by atoms with van der Waals surface area (Å²) in [5.74, 6) is 0.308. The molecule has 2 heterocycles. The van der Waals surface area contributed by atoms with E-state index in [9.17, 15) is 4.79 Å². The van der Waals surface area contributed by atoms with E-state index in [0.29, 0.717) is 12.5 Å². The van der Waals surface area contributed by atoms with E-state index in [0.717, 1.165) is 51.7 Å². The molecule has 2 fully saturated rings. The number of nitrogens with zero attached hydrogens (tertiary/aromatic N) is 3. The molecule has 1 saturated heterocycles. The van der Waals surface area contributed by atoms with Crippen LogP contribution in [0.3, 0.4) is 0 Å². The Bertz CT molecular complexity index is 934. The lowest BCUT2D eigenvalue weighted by Gasteiger charge is -2.43. The number of thioether (sulfide) groups is 1. The monoisotopic (exact) mass is 435 g/mol. The Morgan fingerprint density at radius 3 is 2.52 bits per heavy atom. The molecule has 1 saturated carbocycles. The third-order valence-electron chi connectivity index (χ3n) is 7.32. The quantitative estimate of drug-likeness (QED) is 0.660. The molecular formula is C26H33N3OS. The summed E-state index contributed by atoms with van der Waals surface area (Å²) in [7, 11) is 0. The summed E-state index contributed by atoms with van der Waals surface area (Å²) in [5, 5.41) is 0. The number of benzene rings is 2. The van der Waals surface area contributed by atoms with E-state index in [2.05, 4.69) is 63.4 Å². The number of hydrogen-bond acceptors (Lipinski definition) is 4. The van der Waals surface area contributed by atoms with Gasteiger partial charge in [0.15, 0.2) is 0 Å². The Morgan fingerprint density at radius 2 is 1.77 bits per heavy atom. The first-order valence-corrected chi connectivity index (χ1v) is 12.9. The maximum absolute atomic E-state index is 12.9. The minimum Gasteiger partial charge on any atom is -0.339 e. The molecule has 0 unspecified atom stereocenters. The van der Waals surface area contributed by atoms with Crippen LogP contribution in [0.1, 0.15) is 30.4 Å². The van der Waals surface area contributed by atoms with Crippen LogP contribution in [0.2, 0.25) is 0 Å². The van der Waals surface area contributed by atoms with E-state index in [1.165, 1.54) is 46.4 Å². The van der Waals surface area contributed by atoms with Crippen LogP contribution in [0, 0.1) is 0 Å². The number of rotatable bonds is 5. The predicted molar refractivity (Wildman–Crippen MR) is 128 cm³/mol. The molecule has 4 nitrogen and oxygen atoms in total. The van der Waals surface area contributed by atoms with Crippen LogP contribution in [-0.4, -0.2) is 72.2 Å². The van der Waals surface area contributed by atoms with Gasteiger partial charge in [0.25, 0.3) is 0 Å². The van der Waals surface area contributed by atoms with E-state index in [1.807, 2.05) is 0 Å². The van der Waals surface area contributed by atoms with Gasteiger partial charge in [0.1, 0.15) is 0 Å². The Kier molecular flexibility index (Phi) is 6.35. The van der Waals surface area contributed by atoms with E-state index in [4.69, 9.17) is 0 Å². The largest absolute Gasteiger partial charge is 0.339 e. The number of fused-ring (bicyclic) bond motifs is 1. The van der Waals surface area contributed by atoms with Crippen molar-refractivity contribution in [1.29, 1.82) is 0 Å². The fourth-order valence-corrected chi connectivity index (χ4v) is 5.57. The molecule has 0 spiro atoms. The third kappa shape index (κ3) is 4.69. The molecule has 2 aliphatic heterocycles. The van der Waals surface area contributed by atoms with Crippen molar-refractivity contribution in [2.45, 2.75) is 43.2 Å². The van der Waals surface area contributed by atoms with Gasteiger partial charge in [-0.3, -0.25) is 14.6 Å². The summed E-state index contributed by atoms with van der Waals surface area (Å²) in [6, 6.07) is 16.4. The second-order valence-electron chi connectivity index (χ2n) is 9.18. The highest BCUT2D eigenvalue weighted by Gasteiger charge is 2.30. The maximum Gasteiger partial charge on any atom is 0.236 e. The highest BCUT2D eigenvalue weighted by atomic mass is 32.2. The first-order valence-electron chi connectivity index (χ1n) is 11.7. The van der Waals surface area contributed by atoms with E-state index < -0.39 is 0 Å². The van der Waals surface area contributed by atoms with E-state index >= 15 is 0 Å². The van der Waals surface area contributed by atoms with Gasteiger partial charge in [-0.05, 0) is 59.9 Å². The van der Waals surface area contributed by atoms with Crippen LogP contribution in [-0.2, 0) is 17.8 Å². The van der Waals surface area contributed by atoms with E-state index in [1.54, 1.807) is 11.8 Å². The van der Waals surface area contributed by atoms with Crippen LogP contribution in [0.15, 0.2) is 47.4 Å². The van der Waals surface area contributed by atoms with Crippen molar-refractivity contribution in [2.24, 2.45) is 0 Å². The Morgan fingerprint density at radius 1 is 0.968 bits per heavy atom. The van der Waals surface area contributed by atoms with Crippen molar-refractivity contribution in [2.75, 3.05) is 45.5 Å². The van der Waals surface area contributed by atoms with Crippen molar-refractivity contribution in [1.82, 2.24) is 14.7 Å². The number of piperazine rings is 1. The average molecular weight is 436 g/mol. The molecule has 3 aliphatic rings. The van der Waals surface area contributed by atoms with Crippen molar-refractivity contribution in [3.8, 4) is 11.1 Å². The predicted octanol–water partition coefficient (Wildman–Crippen LogP) is 4.13. The molecule has 164 valence electrons. The van der Waals surface area contributed by atoms with Gasteiger partial charge >= 0.3 is 0 Å². The summed E-state index contributed by atoms with van der Waals surface area (Å²) in [6.45, 7) is 6.32. The topological polar surface area (TPSA) is 26.8 Å². The summed E-state index contributed by atoms with van der Waals surface area (Å²) < 4.78 is 0. The highest BCUT2D eigenvalue weighted by Crippen LogP contribution is 2.29. The minimum absolute atomic E-state index is 0.308. The lowest BCUT2D eigenvalue weighted by atomic mass is 9.91. The molecule has 31 heavy (non-hydrogen) atoms. The zero-order chi connectivity index (χ0) is 21.2. The lowest BCUT2D eigenvalue weighted by Crippen LogP contribution is -2.55. The van der Waals surface area contributed by atoms with Gasteiger partial charge in [-0.1, -0.05) is 36.8 Å². The molecule has 1 amide bonds. The second kappa shape index (κ2) is 9.35. The van der Waals surface area contributed by atoms with Gasteiger partial charge < -0.3 is 4.90 Å². The molecule has 5 heteroatoms. The molecule has 0 aromatic heterocycles. The maximum atomic E-state index is 12.9. The standard InChI is InChI=1S/C26H33N3OS/c1-31-25-7-2-4-20(17-25)21-8-9-23-18-27(11-10-22(23)16-21)19-26(30)29-14-12-28(13-15-29)24-5-3-6-24/h2,4,7-9,16-17,24H,3,5-6,10-15,18-19H2,1H3. The zero-order valence-electron chi connectivity index (χ0n) is 18.6. The van der Waals surface area contributed by atoms with Crippen LogP contribution in [0.25, 0.3) is 11.1 Å². The van der Waals surface area contributed by atoms with Crippen LogP contribution in [0.5, 0.6) is 0 Å². The Labute approximate surface area is 190 Å². The number of carbonyl (C=O) groups is 1. The number of hydrogen-bond donors (Lipinski definition) is 0. The third-order valence-corrected chi connectivity index (χ3v) is 8.04. The molecule has 0 bridgehead atoms. The lowest BCUT2D eigenvalue weighted by molar-refractivity contribution is -0.135. The SMILES string of the molecule is CSc1cccc(-c2ccc3c(c2)CCN(CC(=O)N2CCN(C4CCC4)CC2)C3)c1. The van der Waals surface area contributed by atoms with Crippen molar-refractivity contribution in [3.63, 3.8) is 0 Å². The minimum atomic E-state index is 0.308. The zero-order valence-corrected chi connectivity index (χ0v) is 19.4. The fraction of sp³-hybridized carbons (Fsp3) is 0.500. The molecule has 5 rings (SSSR count). The Hall–Kier alpha value is -1.82. The van der Waals surface area contributed by atoms with E-state index in [-0.39, 0.29) is 0 Å². The Balaban J connectivity index is 1.17. The molecule has 1 aliphatic carbocycles. The summed E-state index contributed by atoms with van der Waals surface area (Å²) in [6.07, 6.45) is 7.23. The molecule has 2 aromatic carbocycles. The van der Waals surface area contributed by atoms with Gasteiger partial charge in [0.2, 0.25) is 5.91 Å². The smallest absolute Gasteiger partial charge is 0.236 e. The first-order chi connectivity index (χ1) is 15.2.